The predicted octanol–water partition coefficient (Wildman–Crippen LogP) is 1.10. The number of primary amides is 1. The fraction of sp³-hybridized carbons (Fsp3) is 0.357. The Morgan fingerprint density at radius 1 is 1.30 bits per heavy atom. The van der Waals surface area contributed by atoms with Gasteiger partial charge in [0.2, 0.25) is 0 Å². The Morgan fingerprint density at radius 3 is 2.61 bits per heavy atom. The zero-order valence-corrected chi connectivity index (χ0v) is 14.6. The fourth-order valence-corrected chi connectivity index (χ4v) is 2.38. The summed E-state index contributed by atoms with van der Waals surface area (Å²) in [5.41, 5.74) is 12.0. The topological polar surface area (TPSA) is 108 Å². The molecule has 1 atom stereocenters. The van der Waals surface area contributed by atoms with Crippen LogP contribution < -0.4 is 27.2 Å². The summed E-state index contributed by atoms with van der Waals surface area (Å²) >= 11 is 6.69. The molecule has 1 rings (SSSR count). The van der Waals surface area contributed by atoms with E-state index in [1.165, 1.54) is 0 Å². The molecule has 1 unspecified atom stereocenters. The molecule has 1 aromatic rings. The van der Waals surface area contributed by atoms with Gasteiger partial charge >= 0.3 is 6.03 Å². The van der Waals surface area contributed by atoms with Gasteiger partial charge in [-0.2, -0.15) is 11.8 Å². The largest absolute Gasteiger partial charge is 0.352 e. The van der Waals surface area contributed by atoms with Gasteiger partial charge in [-0.15, -0.1) is 0 Å². The number of thioether (sulfide) groups is 1. The van der Waals surface area contributed by atoms with Gasteiger partial charge in [0.05, 0.1) is 0 Å². The summed E-state index contributed by atoms with van der Waals surface area (Å²) in [5.74, 6) is 0.302. The normalized spacial score (nSPS) is 11.2. The third kappa shape index (κ3) is 7.20. The van der Waals surface area contributed by atoms with Gasteiger partial charge in [0.25, 0.3) is 5.91 Å². The van der Waals surface area contributed by atoms with Crippen molar-refractivity contribution in [2.45, 2.75) is 19.4 Å². The lowest BCUT2D eigenvalue weighted by atomic mass is 10.2. The number of carbonyl (C=O) groups excluding carboxylic acids is 2. The molecular formula is C14H21N5O2S2. The molecule has 126 valence electrons. The minimum absolute atomic E-state index is 0.246. The van der Waals surface area contributed by atoms with Crippen molar-refractivity contribution in [3.05, 3.63) is 29.8 Å². The van der Waals surface area contributed by atoms with Crippen LogP contribution in [0.1, 0.15) is 12.0 Å². The van der Waals surface area contributed by atoms with Crippen molar-refractivity contribution in [2.75, 3.05) is 17.3 Å². The van der Waals surface area contributed by atoms with Gasteiger partial charge in [-0.1, -0.05) is 18.2 Å². The number of amides is 3. The average Bonchev–Trinajstić information content (AvgIpc) is 2.51. The number of thiocarbonyl (C=S) groups is 1. The summed E-state index contributed by atoms with van der Waals surface area (Å²) in [5, 5.41) is 5.63. The Morgan fingerprint density at radius 2 is 2.00 bits per heavy atom. The van der Waals surface area contributed by atoms with Crippen LogP contribution in [0.5, 0.6) is 0 Å². The van der Waals surface area contributed by atoms with Crippen LogP contribution in [-0.4, -0.2) is 35.1 Å². The molecule has 0 fully saturated rings. The molecule has 0 aliphatic rings. The van der Waals surface area contributed by atoms with Crippen LogP contribution in [0.3, 0.4) is 0 Å². The zero-order valence-electron chi connectivity index (χ0n) is 13.0. The molecule has 0 radical (unpaired) electrons. The maximum absolute atomic E-state index is 12.1. The Labute approximate surface area is 145 Å². The van der Waals surface area contributed by atoms with E-state index in [1.807, 2.05) is 37.4 Å². The maximum atomic E-state index is 12.1. The second-order valence-corrected chi connectivity index (χ2v) is 6.12. The second kappa shape index (κ2) is 9.90. The summed E-state index contributed by atoms with van der Waals surface area (Å²) in [4.78, 5) is 23.0. The van der Waals surface area contributed by atoms with Crippen LogP contribution in [0.2, 0.25) is 0 Å². The molecule has 9 heteroatoms. The highest BCUT2D eigenvalue weighted by Crippen LogP contribution is 2.12. The monoisotopic (exact) mass is 355 g/mol. The molecule has 0 aliphatic carbocycles. The first kappa shape index (κ1) is 19.0. The molecule has 0 heterocycles. The Bertz CT molecular complexity index is 568. The van der Waals surface area contributed by atoms with E-state index < -0.39 is 18.0 Å². The summed E-state index contributed by atoms with van der Waals surface area (Å²) in [6.07, 6.45) is 2.38. The van der Waals surface area contributed by atoms with Crippen LogP contribution in [0.4, 0.5) is 10.5 Å². The minimum atomic E-state index is -0.744. The molecule has 1 aromatic carbocycles. The van der Waals surface area contributed by atoms with Gasteiger partial charge in [-0.3, -0.25) is 15.6 Å². The number of anilines is 1. The molecule has 0 saturated heterocycles. The third-order valence-corrected chi connectivity index (χ3v) is 3.78. The number of nitrogens with two attached hydrogens (primary N) is 1. The van der Waals surface area contributed by atoms with Gasteiger partial charge in [0, 0.05) is 5.69 Å². The van der Waals surface area contributed by atoms with Gasteiger partial charge < -0.3 is 16.4 Å². The number of rotatable bonds is 6. The van der Waals surface area contributed by atoms with E-state index >= 15 is 0 Å². The van der Waals surface area contributed by atoms with Crippen molar-refractivity contribution < 1.29 is 9.59 Å². The number of para-hydroxylation sites is 1. The lowest BCUT2D eigenvalue weighted by molar-refractivity contribution is -0.123. The molecule has 0 saturated carbocycles. The van der Waals surface area contributed by atoms with Crippen molar-refractivity contribution in [3.63, 3.8) is 0 Å². The first-order chi connectivity index (χ1) is 10.9. The van der Waals surface area contributed by atoms with E-state index in [1.54, 1.807) is 11.8 Å². The molecule has 3 amide bonds. The summed E-state index contributed by atoms with van der Waals surface area (Å²) < 4.78 is 0. The standard InChI is InChI=1S/C14H21N5O2S2/c1-9-5-3-4-6-10(9)17-14(22)19-18-12(20)11(7-8-23-2)16-13(15)21/h3-6,11H,7-8H2,1-2H3,(H,18,20)(H3,15,16,21)(H2,17,19,22). The van der Waals surface area contributed by atoms with Crippen LogP contribution in [0.15, 0.2) is 24.3 Å². The number of nitrogens with one attached hydrogen (secondary N) is 4. The highest BCUT2D eigenvalue weighted by molar-refractivity contribution is 7.98. The minimum Gasteiger partial charge on any atom is -0.352 e. The zero-order chi connectivity index (χ0) is 17.2. The molecule has 0 aromatic heterocycles. The van der Waals surface area contributed by atoms with E-state index in [0.717, 1.165) is 11.3 Å². The highest BCUT2D eigenvalue weighted by Gasteiger charge is 2.19. The molecule has 7 nitrogen and oxygen atoms in total. The van der Waals surface area contributed by atoms with E-state index in [2.05, 4.69) is 21.5 Å². The van der Waals surface area contributed by atoms with Crippen LogP contribution in [-0.2, 0) is 4.79 Å². The first-order valence-corrected chi connectivity index (χ1v) is 8.71. The van der Waals surface area contributed by atoms with E-state index in [-0.39, 0.29) is 5.11 Å². The summed E-state index contributed by atoms with van der Waals surface area (Å²) in [6.45, 7) is 1.94. The number of hydrogen-bond donors (Lipinski definition) is 5. The predicted molar refractivity (Wildman–Crippen MR) is 98.2 cm³/mol. The lowest BCUT2D eigenvalue weighted by Crippen LogP contribution is -2.54. The van der Waals surface area contributed by atoms with Crippen molar-refractivity contribution in [3.8, 4) is 0 Å². The van der Waals surface area contributed by atoms with Gasteiger partial charge in [-0.05, 0) is 49.2 Å². The lowest BCUT2D eigenvalue weighted by Gasteiger charge is -2.18. The van der Waals surface area contributed by atoms with Gasteiger partial charge in [-0.25, -0.2) is 4.79 Å². The summed E-state index contributed by atoms with van der Waals surface area (Å²) in [7, 11) is 0. The number of hydrogen-bond acceptors (Lipinski definition) is 4. The second-order valence-electron chi connectivity index (χ2n) is 4.73. The van der Waals surface area contributed by atoms with Crippen molar-refractivity contribution >= 4 is 46.7 Å². The van der Waals surface area contributed by atoms with Crippen molar-refractivity contribution in [1.29, 1.82) is 0 Å². The number of carbonyl (C=O) groups is 2. The van der Waals surface area contributed by atoms with Crippen molar-refractivity contribution in [1.82, 2.24) is 16.2 Å². The Kier molecular flexibility index (Phi) is 8.20. The Balaban J connectivity index is 2.50. The SMILES string of the molecule is CSCCC(NC(N)=O)C(=O)NNC(=S)Nc1ccccc1C. The fourth-order valence-electron chi connectivity index (χ4n) is 1.75. The molecule has 0 bridgehead atoms. The Hall–Kier alpha value is -2.00. The highest BCUT2D eigenvalue weighted by atomic mass is 32.2. The van der Waals surface area contributed by atoms with E-state index in [9.17, 15) is 9.59 Å². The van der Waals surface area contributed by atoms with E-state index in [0.29, 0.717) is 12.2 Å². The molecular weight excluding hydrogens is 334 g/mol. The smallest absolute Gasteiger partial charge is 0.312 e. The van der Waals surface area contributed by atoms with Crippen molar-refractivity contribution in [2.24, 2.45) is 5.73 Å². The average molecular weight is 355 g/mol. The van der Waals surface area contributed by atoms with Gasteiger partial charge in [0.15, 0.2) is 5.11 Å². The number of aryl methyl sites for hydroxylation is 1. The maximum Gasteiger partial charge on any atom is 0.312 e. The molecule has 0 spiro atoms. The van der Waals surface area contributed by atoms with Crippen LogP contribution in [0.25, 0.3) is 0 Å². The quantitative estimate of drug-likeness (QED) is 0.386. The van der Waals surface area contributed by atoms with E-state index in [4.69, 9.17) is 18.0 Å². The third-order valence-electron chi connectivity index (χ3n) is 2.94. The summed E-state index contributed by atoms with van der Waals surface area (Å²) in [6, 6.07) is 6.16. The molecule has 6 N–H and O–H groups in total. The number of benzene rings is 1. The molecule has 0 aliphatic heterocycles. The molecule has 23 heavy (non-hydrogen) atoms. The van der Waals surface area contributed by atoms with Crippen LogP contribution in [0, 0.1) is 6.92 Å². The number of hydrazine groups is 1. The van der Waals surface area contributed by atoms with Gasteiger partial charge in [0.1, 0.15) is 6.04 Å². The van der Waals surface area contributed by atoms with Crippen LogP contribution >= 0.6 is 24.0 Å². The number of urea groups is 1. The first-order valence-electron chi connectivity index (χ1n) is 6.91.